The van der Waals surface area contributed by atoms with Crippen LogP contribution in [0.5, 0.6) is 5.75 Å². The highest BCUT2D eigenvalue weighted by molar-refractivity contribution is 5.86. The van der Waals surface area contributed by atoms with Gasteiger partial charge in [0.1, 0.15) is 5.75 Å². The van der Waals surface area contributed by atoms with Gasteiger partial charge < -0.3 is 19.3 Å². The first-order chi connectivity index (χ1) is 16.6. The largest absolute Gasteiger partial charge is 0.494 e. The van der Waals surface area contributed by atoms with Crippen LogP contribution in [0.3, 0.4) is 0 Å². The molecule has 2 heterocycles. The first-order valence-corrected chi connectivity index (χ1v) is 11.6. The molecule has 0 saturated carbocycles. The summed E-state index contributed by atoms with van der Waals surface area (Å²) in [6.07, 6.45) is 0.725. The van der Waals surface area contributed by atoms with Gasteiger partial charge in [-0.15, -0.1) is 0 Å². The Bertz CT molecular complexity index is 1130. The van der Waals surface area contributed by atoms with Crippen molar-refractivity contribution < 1.29 is 18.8 Å². The first kappa shape index (κ1) is 23.5. The van der Waals surface area contributed by atoms with Gasteiger partial charge in [-0.2, -0.15) is 4.98 Å². The van der Waals surface area contributed by atoms with Gasteiger partial charge in [-0.05, 0) is 57.0 Å². The summed E-state index contributed by atoms with van der Waals surface area (Å²) in [6.45, 7) is 8.20. The summed E-state index contributed by atoms with van der Waals surface area (Å²) >= 11 is 0. The van der Waals surface area contributed by atoms with E-state index in [1.165, 1.54) is 0 Å². The Morgan fingerprint density at radius 1 is 1.06 bits per heavy atom. The van der Waals surface area contributed by atoms with E-state index in [9.17, 15) is 4.79 Å². The van der Waals surface area contributed by atoms with E-state index in [0.717, 1.165) is 34.6 Å². The van der Waals surface area contributed by atoms with Crippen LogP contribution in [0, 0.1) is 0 Å². The standard InChI is InChI=1S/C26H30N4O4/c1-4-32-17-9-16-30-18(3)22(23(27-26(30)31)19-10-7-6-8-11-19)25-28-24(29-34-25)20-12-14-21(15-13-20)33-5-2/h6-8,10-15,23H,4-5,9,16-17H2,1-3H3,(H,27,31). The SMILES string of the molecule is CCOCCCN1C(=O)NC(c2ccccc2)C(c2nc(-c3ccc(OCC)cc3)no2)=C1C. The Morgan fingerprint density at radius 3 is 2.53 bits per heavy atom. The summed E-state index contributed by atoms with van der Waals surface area (Å²) in [5, 5.41) is 7.34. The van der Waals surface area contributed by atoms with Crippen molar-refractivity contribution in [1.29, 1.82) is 0 Å². The van der Waals surface area contributed by atoms with Gasteiger partial charge in [0.25, 0.3) is 5.89 Å². The lowest BCUT2D eigenvalue weighted by Gasteiger charge is -2.35. The van der Waals surface area contributed by atoms with Crippen molar-refractivity contribution in [2.45, 2.75) is 33.2 Å². The van der Waals surface area contributed by atoms with Crippen molar-refractivity contribution >= 4 is 11.6 Å². The maximum absolute atomic E-state index is 13.0. The number of benzene rings is 2. The molecule has 178 valence electrons. The lowest BCUT2D eigenvalue weighted by molar-refractivity contribution is 0.136. The maximum atomic E-state index is 13.0. The minimum atomic E-state index is -0.398. The number of nitrogens with one attached hydrogen (secondary N) is 1. The predicted molar refractivity (Wildman–Crippen MR) is 129 cm³/mol. The number of nitrogens with zero attached hydrogens (tertiary/aromatic N) is 3. The molecule has 8 heteroatoms. The van der Waals surface area contributed by atoms with Gasteiger partial charge in [-0.25, -0.2) is 4.79 Å². The fourth-order valence-electron chi connectivity index (χ4n) is 4.01. The van der Waals surface area contributed by atoms with Crippen LogP contribution in [0.15, 0.2) is 64.8 Å². The molecule has 1 aliphatic rings. The molecule has 0 bridgehead atoms. The highest BCUT2D eigenvalue weighted by Crippen LogP contribution is 2.37. The summed E-state index contributed by atoms with van der Waals surface area (Å²) in [5.74, 6) is 1.64. The molecular formula is C26H30N4O4. The van der Waals surface area contributed by atoms with Gasteiger partial charge in [-0.1, -0.05) is 35.5 Å². The zero-order chi connectivity index (χ0) is 23.9. The number of allylic oxidation sites excluding steroid dienone is 1. The Morgan fingerprint density at radius 2 is 1.82 bits per heavy atom. The number of urea groups is 1. The molecule has 0 spiro atoms. The van der Waals surface area contributed by atoms with Crippen LogP contribution in [0.1, 0.15) is 44.7 Å². The number of amides is 2. The average molecular weight is 463 g/mol. The molecular weight excluding hydrogens is 432 g/mol. The van der Waals surface area contributed by atoms with Crippen molar-refractivity contribution in [3.63, 3.8) is 0 Å². The highest BCUT2D eigenvalue weighted by Gasteiger charge is 2.35. The van der Waals surface area contributed by atoms with Crippen LogP contribution < -0.4 is 10.1 Å². The van der Waals surface area contributed by atoms with Crippen molar-refractivity contribution in [2.24, 2.45) is 0 Å². The monoisotopic (exact) mass is 462 g/mol. The van der Waals surface area contributed by atoms with Gasteiger partial charge in [0.05, 0.1) is 18.2 Å². The summed E-state index contributed by atoms with van der Waals surface area (Å²) < 4.78 is 16.7. The van der Waals surface area contributed by atoms with Crippen molar-refractivity contribution in [2.75, 3.05) is 26.4 Å². The Kier molecular flexibility index (Phi) is 7.59. The molecule has 1 aromatic heterocycles. The normalized spacial score (nSPS) is 16.0. The third kappa shape index (κ3) is 5.12. The molecule has 2 aromatic carbocycles. The molecule has 8 nitrogen and oxygen atoms in total. The number of hydrogen-bond acceptors (Lipinski definition) is 6. The third-order valence-electron chi connectivity index (χ3n) is 5.68. The lowest BCUT2D eigenvalue weighted by Crippen LogP contribution is -2.46. The number of ether oxygens (including phenoxy) is 2. The van der Waals surface area contributed by atoms with E-state index in [2.05, 4.69) is 10.5 Å². The molecule has 2 amide bonds. The van der Waals surface area contributed by atoms with Crippen LogP contribution in [0.4, 0.5) is 4.79 Å². The van der Waals surface area contributed by atoms with E-state index in [0.29, 0.717) is 38.1 Å². The van der Waals surface area contributed by atoms with E-state index in [4.69, 9.17) is 19.0 Å². The smallest absolute Gasteiger partial charge is 0.322 e. The minimum Gasteiger partial charge on any atom is -0.494 e. The number of aromatic nitrogens is 2. The Labute approximate surface area is 199 Å². The van der Waals surface area contributed by atoms with Crippen LogP contribution in [0.2, 0.25) is 0 Å². The summed E-state index contributed by atoms with van der Waals surface area (Å²) in [4.78, 5) is 19.4. The molecule has 4 rings (SSSR count). The zero-order valence-corrected chi connectivity index (χ0v) is 19.8. The fourth-order valence-corrected chi connectivity index (χ4v) is 4.01. The summed E-state index contributed by atoms with van der Waals surface area (Å²) in [7, 11) is 0. The second-order valence-corrected chi connectivity index (χ2v) is 7.87. The topological polar surface area (TPSA) is 89.7 Å². The lowest BCUT2D eigenvalue weighted by atomic mass is 9.94. The predicted octanol–water partition coefficient (Wildman–Crippen LogP) is 5.06. The quantitative estimate of drug-likeness (QED) is 0.424. The first-order valence-electron chi connectivity index (χ1n) is 11.6. The number of carbonyl (C=O) groups excluding carboxylic acids is 1. The van der Waals surface area contributed by atoms with Gasteiger partial charge in [0.2, 0.25) is 5.82 Å². The van der Waals surface area contributed by atoms with E-state index in [1.54, 1.807) is 4.90 Å². The molecule has 1 N–H and O–H groups in total. The molecule has 0 radical (unpaired) electrons. The Balaban J connectivity index is 1.68. The maximum Gasteiger partial charge on any atom is 0.322 e. The van der Waals surface area contributed by atoms with Crippen LogP contribution in [0.25, 0.3) is 17.0 Å². The number of rotatable bonds is 10. The van der Waals surface area contributed by atoms with Crippen molar-refractivity contribution in [3.8, 4) is 17.1 Å². The van der Waals surface area contributed by atoms with Crippen LogP contribution in [-0.2, 0) is 4.74 Å². The highest BCUT2D eigenvalue weighted by atomic mass is 16.5. The van der Waals surface area contributed by atoms with E-state index in [-0.39, 0.29) is 6.03 Å². The summed E-state index contributed by atoms with van der Waals surface area (Å²) in [6, 6.07) is 16.8. The van der Waals surface area contributed by atoms with Gasteiger partial charge in [-0.3, -0.25) is 4.90 Å². The molecule has 0 saturated heterocycles. The van der Waals surface area contributed by atoms with E-state index < -0.39 is 6.04 Å². The molecule has 34 heavy (non-hydrogen) atoms. The fraction of sp³-hybridized carbons (Fsp3) is 0.346. The summed E-state index contributed by atoms with van der Waals surface area (Å²) in [5.41, 5.74) is 3.34. The van der Waals surface area contributed by atoms with Crippen LogP contribution in [-0.4, -0.2) is 47.4 Å². The molecule has 0 fully saturated rings. The second-order valence-electron chi connectivity index (χ2n) is 7.87. The van der Waals surface area contributed by atoms with Crippen molar-refractivity contribution in [3.05, 3.63) is 71.7 Å². The molecule has 1 aliphatic heterocycles. The molecule has 1 unspecified atom stereocenters. The van der Waals surface area contributed by atoms with E-state index >= 15 is 0 Å². The average Bonchev–Trinajstić information content (AvgIpc) is 3.34. The van der Waals surface area contributed by atoms with Crippen LogP contribution >= 0.6 is 0 Å². The zero-order valence-electron chi connectivity index (χ0n) is 19.8. The van der Waals surface area contributed by atoms with Gasteiger partial charge >= 0.3 is 6.03 Å². The Hall–Kier alpha value is -3.65. The van der Waals surface area contributed by atoms with Crippen molar-refractivity contribution in [1.82, 2.24) is 20.4 Å². The number of hydrogen-bond donors (Lipinski definition) is 1. The van der Waals surface area contributed by atoms with E-state index in [1.807, 2.05) is 75.4 Å². The second kappa shape index (κ2) is 11.0. The molecule has 1 atom stereocenters. The van der Waals surface area contributed by atoms with Gasteiger partial charge in [0.15, 0.2) is 0 Å². The van der Waals surface area contributed by atoms with Gasteiger partial charge in [0, 0.05) is 31.0 Å². The molecule has 0 aliphatic carbocycles. The third-order valence-corrected chi connectivity index (χ3v) is 5.68. The minimum absolute atomic E-state index is 0.155. The molecule has 3 aromatic rings. The number of carbonyl (C=O) groups is 1.